The third kappa shape index (κ3) is 3.75. The molecule has 1 amide bonds. The van der Waals surface area contributed by atoms with Gasteiger partial charge in [-0.1, -0.05) is 0 Å². The number of ether oxygens (including phenoxy) is 1. The molecule has 0 saturated heterocycles. The number of amides is 1. The van der Waals surface area contributed by atoms with Crippen LogP contribution in [0.1, 0.15) is 9.67 Å². The predicted molar refractivity (Wildman–Crippen MR) is 89.3 cm³/mol. The van der Waals surface area contributed by atoms with Gasteiger partial charge in [0.25, 0.3) is 5.91 Å². The monoisotopic (exact) mass is 380 g/mol. The number of hydrogen-bond acceptors (Lipinski definition) is 6. The molecule has 0 spiro atoms. The number of hydrogen-bond donors (Lipinski definition) is 2. The molecule has 0 aliphatic carbocycles. The second-order valence-electron chi connectivity index (χ2n) is 4.95. The lowest BCUT2D eigenvalue weighted by atomic mass is 10.2. The van der Waals surface area contributed by atoms with Crippen LogP contribution in [0.4, 0.5) is 18.9 Å². The Morgan fingerprint density at radius 1 is 1.12 bits per heavy atom. The number of thiazole rings is 1. The second-order valence-corrected chi connectivity index (χ2v) is 5.98. The zero-order valence-electron chi connectivity index (χ0n) is 13.2. The maximum Gasteiger partial charge on any atom is 0.281 e. The van der Waals surface area contributed by atoms with Crippen LogP contribution in [0.5, 0.6) is 5.88 Å². The highest BCUT2D eigenvalue weighted by Crippen LogP contribution is 2.28. The lowest BCUT2D eigenvalue weighted by Gasteiger charge is -2.08. The fraction of sp³-hybridized carbons (Fsp3) is 0.0625. The number of anilines is 1. The average molecular weight is 380 g/mol. The van der Waals surface area contributed by atoms with Crippen LogP contribution in [-0.4, -0.2) is 23.0 Å². The van der Waals surface area contributed by atoms with Crippen LogP contribution < -0.4 is 15.6 Å². The van der Waals surface area contributed by atoms with Crippen molar-refractivity contribution in [2.24, 2.45) is 0 Å². The van der Waals surface area contributed by atoms with E-state index in [1.54, 1.807) is 0 Å². The van der Waals surface area contributed by atoms with Crippen LogP contribution in [0.3, 0.4) is 0 Å². The summed E-state index contributed by atoms with van der Waals surface area (Å²) in [4.78, 5) is 20.0. The Hall–Kier alpha value is -3.14. The summed E-state index contributed by atoms with van der Waals surface area (Å²) in [6, 6.07) is 4.18. The maximum atomic E-state index is 13.8. The van der Waals surface area contributed by atoms with E-state index in [2.05, 4.69) is 20.8 Å². The highest BCUT2D eigenvalue weighted by molar-refractivity contribution is 7.16. The smallest absolute Gasteiger partial charge is 0.281 e. The highest BCUT2D eigenvalue weighted by atomic mass is 32.1. The van der Waals surface area contributed by atoms with Gasteiger partial charge in [-0.3, -0.25) is 15.6 Å². The Labute approximate surface area is 149 Å². The first kappa shape index (κ1) is 17.7. The Morgan fingerprint density at radius 3 is 2.62 bits per heavy atom. The van der Waals surface area contributed by atoms with Gasteiger partial charge in [-0.05, 0) is 12.1 Å². The van der Waals surface area contributed by atoms with Crippen molar-refractivity contribution in [3.63, 3.8) is 0 Å². The molecule has 1 aromatic carbocycles. The van der Waals surface area contributed by atoms with Gasteiger partial charge in [0.2, 0.25) is 5.88 Å². The van der Waals surface area contributed by atoms with E-state index in [1.807, 2.05) is 0 Å². The molecule has 0 aliphatic rings. The van der Waals surface area contributed by atoms with Crippen LogP contribution in [0.15, 0.2) is 36.7 Å². The minimum absolute atomic E-state index is 0.0878. The van der Waals surface area contributed by atoms with Gasteiger partial charge < -0.3 is 4.74 Å². The molecule has 3 aromatic rings. The number of nitrogens with zero attached hydrogens (tertiary/aromatic N) is 2. The summed E-state index contributed by atoms with van der Waals surface area (Å²) in [5, 5.41) is 0.227. The summed E-state index contributed by atoms with van der Waals surface area (Å²) in [5.41, 5.74) is 5.14. The van der Waals surface area contributed by atoms with E-state index >= 15 is 0 Å². The minimum atomic E-state index is -0.774. The Kier molecular flexibility index (Phi) is 5.03. The van der Waals surface area contributed by atoms with E-state index in [9.17, 15) is 18.0 Å². The number of carbonyl (C=O) groups is 1. The van der Waals surface area contributed by atoms with E-state index in [0.717, 1.165) is 29.5 Å². The molecule has 0 fully saturated rings. The third-order valence-corrected chi connectivity index (χ3v) is 4.24. The molecule has 6 nitrogen and oxygen atoms in total. The molecule has 0 atom stereocenters. The first-order valence-electron chi connectivity index (χ1n) is 7.15. The molecule has 2 aromatic heterocycles. The number of aromatic nitrogens is 2. The molecular formula is C16H11F3N4O2S. The second kappa shape index (κ2) is 7.40. The van der Waals surface area contributed by atoms with Crippen LogP contribution in [0.25, 0.3) is 10.6 Å². The standard InChI is InChI=1S/C16H11F3N4O2S/c1-25-15-12(19)5-9(6-20-15)22-23-14(24)13-7-21-16(26-13)10-3-2-8(17)4-11(10)18/h2-7,22H,1H3,(H,23,24). The van der Waals surface area contributed by atoms with Crippen molar-refractivity contribution in [1.29, 1.82) is 0 Å². The Balaban J connectivity index is 1.69. The molecule has 10 heteroatoms. The first-order chi connectivity index (χ1) is 12.5. The van der Waals surface area contributed by atoms with Crippen LogP contribution in [-0.2, 0) is 0 Å². The number of halogens is 3. The van der Waals surface area contributed by atoms with E-state index in [-0.39, 0.29) is 27.0 Å². The molecule has 0 saturated carbocycles. The summed E-state index contributed by atoms with van der Waals surface area (Å²) in [6.07, 6.45) is 2.53. The third-order valence-electron chi connectivity index (χ3n) is 3.21. The predicted octanol–water partition coefficient (Wildman–Crippen LogP) is 3.39. The fourth-order valence-electron chi connectivity index (χ4n) is 2.00. The van der Waals surface area contributed by atoms with Gasteiger partial charge in [0.05, 0.1) is 25.2 Å². The Morgan fingerprint density at radius 2 is 1.92 bits per heavy atom. The zero-order chi connectivity index (χ0) is 18.7. The van der Waals surface area contributed by atoms with E-state index < -0.39 is 23.4 Å². The lowest BCUT2D eigenvalue weighted by Crippen LogP contribution is -2.28. The van der Waals surface area contributed by atoms with E-state index in [4.69, 9.17) is 4.74 Å². The number of nitrogens with one attached hydrogen (secondary N) is 2. The van der Waals surface area contributed by atoms with Gasteiger partial charge >= 0.3 is 0 Å². The van der Waals surface area contributed by atoms with Crippen LogP contribution in [0, 0.1) is 17.5 Å². The Bertz CT molecular complexity index is 964. The van der Waals surface area contributed by atoms with Gasteiger partial charge in [-0.25, -0.2) is 23.1 Å². The quantitative estimate of drug-likeness (QED) is 0.664. The number of pyridine rings is 1. The van der Waals surface area contributed by atoms with Crippen molar-refractivity contribution in [1.82, 2.24) is 15.4 Å². The highest BCUT2D eigenvalue weighted by Gasteiger charge is 2.15. The van der Waals surface area contributed by atoms with Crippen LogP contribution in [0.2, 0.25) is 0 Å². The van der Waals surface area contributed by atoms with Crippen LogP contribution >= 0.6 is 11.3 Å². The first-order valence-corrected chi connectivity index (χ1v) is 7.96. The average Bonchev–Trinajstić information content (AvgIpc) is 3.09. The topological polar surface area (TPSA) is 76.1 Å². The molecular weight excluding hydrogens is 369 g/mol. The number of methoxy groups -OCH3 is 1. The molecule has 2 heterocycles. The van der Waals surface area contributed by atoms with Crippen molar-refractivity contribution >= 4 is 22.9 Å². The van der Waals surface area contributed by atoms with Gasteiger partial charge in [0.1, 0.15) is 21.5 Å². The molecule has 26 heavy (non-hydrogen) atoms. The largest absolute Gasteiger partial charge is 0.479 e. The van der Waals surface area contributed by atoms with Crippen molar-refractivity contribution in [2.45, 2.75) is 0 Å². The number of rotatable bonds is 5. The van der Waals surface area contributed by atoms with Crippen molar-refractivity contribution in [3.8, 4) is 16.5 Å². The number of hydrazine groups is 1. The maximum absolute atomic E-state index is 13.8. The summed E-state index contributed by atoms with van der Waals surface area (Å²) in [6.45, 7) is 0. The molecule has 3 rings (SSSR count). The molecule has 0 bridgehead atoms. The number of carbonyl (C=O) groups excluding carboxylic acids is 1. The van der Waals surface area contributed by atoms with Gasteiger partial charge in [0.15, 0.2) is 5.82 Å². The summed E-state index contributed by atoms with van der Waals surface area (Å²) in [7, 11) is 1.28. The van der Waals surface area contributed by atoms with Gasteiger partial charge in [0, 0.05) is 17.7 Å². The summed E-state index contributed by atoms with van der Waals surface area (Å²) < 4.78 is 45.0. The number of benzene rings is 1. The molecule has 134 valence electrons. The fourth-order valence-corrected chi connectivity index (χ4v) is 2.84. The van der Waals surface area contributed by atoms with Crippen molar-refractivity contribution in [3.05, 3.63) is 59.0 Å². The summed E-state index contributed by atoms with van der Waals surface area (Å²) in [5.74, 6) is -2.91. The van der Waals surface area contributed by atoms with Gasteiger partial charge in [-0.2, -0.15) is 0 Å². The zero-order valence-corrected chi connectivity index (χ0v) is 14.0. The normalized spacial score (nSPS) is 10.5. The summed E-state index contributed by atoms with van der Waals surface area (Å²) >= 11 is 0.923. The van der Waals surface area contributed by atoms with Crippen molar-refractivity contribution < 1.29 is 22.7 Å². The van der Waals surface area contributed by atoms with E-state index in [0.29, 0.717) is 0 Å². The van der Waals surface area contributed by atoms with Crippen molar-refractivity contribution in [2.75, 3.05) is 12.5 Å². The molecule has 0 radical (unpaired) electrons. The molecule has 0 aliphatic heterocycles. The van der Waals surface area contributed by atoms with Gasteiger partial charge in [-0.15, -0.1) is 11.3 Å². The lowest BCUT2D eigenvalue weighted by molar-refractivity contribution is 0.0966. The molecule has 0 unspecified atom stereocenters. The SMILES string of the molecule is COc1ncc(NNC(=O)c2cnc(-c3ccc(F)cc3F)s2)cc1F. The minimum Gasteiger partial charge on any atom is -0.479 e. The molecule has 2 N–H and O–H groups in total. The van der Waals surface area contributed by atoms with E-state index in [1.165, 1.54) is 25.6 Å².